The zero-order valence-electron chi connectivity index (χ0n) is 6.72. The number of nitrogens with two attached hydrogens (primary N) is 1. The van der Waals surface area contributed by atoms with Crippen molar-refractivity contribution < 1.29 is 13.5 Å². The number of hydrogen-bond donors (Lipinski definition) is 1. The van der Waals surface area contributed by atoms with Crippen LogP contribution in [0.1, 0.15) is 12.1 Å². The van der Waals surface area contributed by atoms with Crippen molar-refractivity contribution in [2.24, 2.45) is 0 Å². The van der Waals surface area contributed by atoms with Crippen LogP contribution in [0.5, 0.6) is 5.75 Å². The van der Waals surface area contributed by atoms with E-state index in [2.05, 4.69) is 20.9 Å². The molecule has 0 aliphatic heterocycles. The first-order valence-electron chi connectivity index (χ1n) is 3.34. The van der Waals surface area contributed by atoms with Gasteiger partial charge in [-0.25, -0.2) is 13.8 Å². The molecule has 2 N–H and O–H groups in total. The van der Waals surface area contributed by atoms with Gasteiger partial charge in [-0.15, -0.1) is 0 Å². The molecular weight excluding hydrogens is 246 g/mol. The second-order valence-electron chi connectivity index (χ2n) is 2.25. The number of alkyl halides is 2. The maximum atomic E-state index is 12.4. The molecule has 0 radical (unpaired) electrons. The second kappa shape index (κ2) is 3.87. The van der Waals surface area contributed by atoms with Crippen molar-refractivity contribution in [3.63, 3.8) is 0 Å². The Hall–Kier alpha value is -0.910. The zero-order valence-corrected chi connectivity index (χ0v) is 8.31. The molecule has 0 aliphatic rings. The van der Waals surface area contributed by atoms with Crippen LogP contribution in [0.25, 0.3) is 0 Å². The molecule has 0 unspecified atom stereocenters. The molecule has 1 rings (SSSR count). The third kappa shape index (κ3) is 2.06. The number of rotatable bonds is 2. The van der Waals surface area contributed by atoms with Gasteiger partial charge in [-0.1, -0.05) is 0 Å². The Morgan fingerprint density at radius 1 is 1.62 bits per heavy atom. The minimum absolute atomic E-state index is 0.0711. The van der Waals surface area contributed by atoms with E-state index >= 15 is 0 Å². The number of hydrogen-bond acceptors (Lipinski definition) is 3. The summed E-state index contributed by atoms with van der Waals surface area (Å²) in [6.45, 7) is 0. The second-order valence-corrected chi connectivity index (χ2v) is 3.07. The maximum Gasteiger partial charge on any atom is 0.284 e. The van der Waals surface area contributed by atoms with Crippen molar-refractivity contribution >= 4 is 21.6 Å². The van der Waals surface area contributed by atoms with Crippen molar-refractivity contribution in [2.45, 2.75) is 6.43 Å². The molecule has 0 aliphatic carbocycles. The Morgan fingerprint density at radius 3 is 2.69 bits per heavy atom. The van der Waals surface area contributed by atoms with Crippen molar-refractivity contribution in [1.29, 1.82) is 0 Å². The highest BCUT2D eigenvalue weighted by Crippen LogP contribution is 2.33. The third-order valence-electron chi connectivity index (χ3n) is 1.41. The molecule has 0 aromatic carbocycles. The first-order valence-corrected chi connectivity index (χ1v) is 4.13. The monoisotopic (exact) mass is 252 g/mol. The maximum absolute atomic E-state index is 12.4. The van der Waals surface area contributed by atoms with Gasteiger partial charge >= 0.3 is 0 Å². The van der Waals surface area contributed by atoms with Crippen LogP contribution in [-0.2, 0) is 0 Å². The van der Waals surface area contributed by atoms with Crippen LogP contribution >= 0.6 is 15.9 Å². The third-order valence-corrected chi connectivity index (χ3v) is 1.81. The summed E-state index contributed by atoms with van der Waals surface area (Å²) in [4.78, 5) is 3.57. The topological polar surface area (TPSA) is 48.1 Å². The number of nitrogens with zero attached hydrogens (tertiary/aromatic N) is 1. The number of methoxy groups -OCH3 is 1. The standard InChI is InChI=1S/C7H7BrF2N2O/c1-13-6-3(11)2-4(8)12-5(6)7(9)10/h2,7H,1H3,(H2,11,12). The molecule has 0 saturated carbocycles. The molecule has 3 nitrogen and oxygen atoms in total. The quantitative estimate of drug-likeness (QED) is 0.823. The van der Waals surface area contributed by atoms with E-state index in [1.165, 1.54) is 13.2 Å². The normalized spacial score (nSPS) is 10.5. The summed E-state index contributed by atoms with van der Waals surface area (Å²) < 4.78 is 29.7. The Kier molecular flexibility index (Phi) is 3.02. The molecule has 0 fully saturated rings. The minimum Gasteiger partial charge on any atom is -0.492 e. The van der Waals surface area contributed by atoms with Gasteiger partial charge in [0.1, 0.15) is 4.60 Å². The molecule has 1 heterocycles. The Morgan fingerprint density at radius 2 is 2.23 bits per heavy atom. The van der Waals surface area contributed by atoms with Crippen LogP contribution < -0.4 is 10.5 Å². The molecule has 0 spiro atoms. The summed E-state index contributed by atoms with van der Waals surface area (Å²) in [7, 11) is 1.27. The lowest BCUT2D eigenvalue weighted by Gasteiger charge is -2.09. The first-order chi connectivity index (χ1) is 6.06. The van der Waals surface area contributed by atoms with Crippen LogP contribution in [0, 0.1) is 0 Å². The van der Waals surface area contributed by atoms with Crippen LogP contribution in [0.15, 0.2) is 10.7 Å². The fraction of sp³-hybridized carbons (Fsp3) is 0.286. The van der Waals surface area contributed by atoms with E-state index in [4.69, 9.17) is 10.5 Å². The Labute approximate surface area is 82.0 Å². The highest BCUT2D eigenvalue weighted by atomic mass is 79.9. The molecule has 0 atom stereocenters. The van der Waals surface area contributed by atoms with Crippen molar-refractivity contribution in [3.8, 4) is 5.75 Å². The fourth-order valence-corrected chi connectivity index (χ4v) is 1.35. The Balaban J connectivity index is 3.29. The van der Waals surface area contributed by atoms with Gasteiger partial charge in [-0.3, -0.25) is 0 Å². The molecule has 6 heteroatoms. The average molecular weight is 253 g/mol. The van der Waals surface area contributed by atoms with E-state index in [9.17, 15) is 8.78 Å². The zero-order chi connectivity index (χ0) is 10.0. The summed E-state index contributed by atoms with van der Waals surface area (Å²) in [6.07, 6.45) is -2.70. The predicted molar refractivity (Wildman–Crippen MR) is 47.9 cm³/mol. The predicted octanol–water partition coefficient (Wildman–Crippen LogP) is 2.37. The van der Waals surface area contributed by atoms with Crippen LogP contribution in [0.3, 0.4) is 0 Å². The molecule has 72 valence electrons. The summed E-state index contributed by atoms with van der Waals surface area (Å²) >= 11 is 2.96. The largest absolute Gasteiger partial charge is 0.492 e. The summed E-state index contributed by atoms with van der Waals surface area (Å²) in [5.74, 6) is -0.0711. The smallest absolute Gasteiger partial charge is 0.284 e. The molecule has 0 amide bonds. The lowest BCUT2D eigenvalue weighted by molar-refractivity contribution is 0.141. The molecule has 1 aromatic rings. The molecule has 0 saturated heterocycles. The van der Waals surface area contributed by atoms with Crippen molar-refractivity contribution in [1.82, 2.24) is 4.98 Å². The highest BCUT2D eigenvalue weighted by molar-refractivity contribution is 9.10. The SMILES string of the molecule is COc1c(N)cc(Br)nc1C(F)F. The number of halogens is 3. The average Bonchev–Trinajstić information content (AvgIpc) is 2.02. The van der Waals surface area contributed by atoms with Gasteiger partial charge in [0.05, 0.1) is 12.8 Å². The van der Waals surface area contributed by atoms with Gasteiger partial charge in [0.2, 0.25) is 0 Å². The van der Waals surface area contributed by atoms with E-state index < -0.39 is 12.1 Å². The van der Waals surface area contributed by atoms with Crippen LogP contribution in [0.4, 0.5) is 14.5 Å². The van der Waals surface area contributed by atoms with Crippen LogP contribution in [-0.4, -0.2) is 12.1 Å². The van der Waals surface area contributed by atoms with E-state index in [0.717, 1.165) is 0 Å². The van der Waals surface area contributed by atoms with Crippen molar-refractivity contribution in [3.05, 3.63) is 16.4 Å². The fourth-order valence-electron chi connectivity index (χ4n) is 0.910. The van der Waals surface area contributed by atoms with Crippen molar-refractivity contribution in [2.75, 3.05) is 12.8 Å². The minimum atomic E-state index is -2.70. The van der Waals surface area contributed by atoms with Crippen LogP contribution in [0.2, 0.25) is 0 Å². The first kappa shape index (κ1) is 10.2. The lowest BCUT2D eigenvalue weighted by Crippen LogP contribution is -2.01. The summed E-state index contributed by atoms with van der Waals surface area (Å²) in [6, 6.07) is 1.41. The summed E-state index contributed by atoms with van der Waals surface area (Å²) in [5.41, 5.74) is 5.13. The number of aromatic nitrogens is 1. The Bertz CT molecular complexity index is 320. The van der Waals surface area contributed by atoms with Gasteiger partial charge < -0.3 is 10.5 Å². The van der Waals surface area contributed by atoms with Gasteiger partial charge in [-0.05, 0) is 22.0 Å². The highest BCUT2D eigenvalue weighted by Gasteiger charge is 2.18. The number of nitrogen functional groups attached to an aromatic ring is 1. The van der Waals surface area contributed by atoms with E-state index in [-0.39, 0.29) is 16.0 Å². The number of ether oxygens (including phenoxy) is 1. The molecule has 13 heavy (non-hydrogen) atoms. The lowest BCUT2D eigenvalue weighted by atomic mass is 10.3. The van der Waals surface area contributed by atoms with Gasteiger partial charge in [0.15, 0.2) is 11.4 Å². The molecule has 0 bridgehead atoms. The molecular formula is C7H7BrF2N2O. The molecule has 1 aromatic heterocycles. The van der Waals surface area contributed by atoms with E-state index in [0.29, 0.717) is 0 Å². The van der Waals surface area contributed by atoms with Gasteiger partial charge in [0.25, 0.3) is 6.43 Å². The van der Waals surface area contributed by atoms with E-state index in [1.807, 2.05) is 0 Å². The number of anilines is 1. The van der Waals surface area contributed by atoms with E-state index in [1.54, 1.807) is 0 Å². The van der Waals surface area contributed by atoms with Gasteiger partial charge in [-0.2, -0.15) is 0 Å². The van der Waals surface area contributed by atoms with Gasteiger partial charge in [0, 0.05) is 0 Å². The summed E-state index contributed by atoms with van der Waals surface area (Å²) in [5, 5.41) is 0. The number of pyridine rings is 1.